The number of ether oxygens (including phenoxy) is 1. The molecule has 3 nitrogen and oxygen atoms in total. The maximum Gasteiger partial charge on any atom is 0.337 e. The van der Waals surface area contributed by atoms with Crippen LogP contribution in [0.1, 0.15) is 42.2 Å². The van der Waals surface area contributed by atoms with Gasteiger partial charge < -0.3 is 9.30 Å². The lowest BCUT2D eigenvalue weighted by atomic mass is 10.0. The van der Waals surface area contributed by atoms with Gasteiger partial charge in [0.05, 0.1) is 18.4 Å². The van der Waals surface area contributed by atoms with Crippen molar-refractivity contribution in [3.8, 4) is 28.1 Å². The van der Waals surface area contributed by atoms with E-state index in [2.05, 4.69) is 72.2 Å². The first-order chi connectivity index (χ1) is 15.7. The van der Waals surface area contributed by atoms with Crippen LogP contribution in [0.3, 0.4) is 0 Å². The first kappa shape index (κ1) is 21.6. The summed E-state index contributed by atoms with van der Waals surface area (Å²) in [5, 5.41) is 0. The third-order valence-corrected chi connectivity index (χ3v) is 5.82. The topological polar surface area (TPSA) is 31.2 Å². The molecule has 1 aromatic heterocycles. The Morgan fingerprint density at radius 1 is 0.812 bits per heavy atom. The predicted octanol–water partition coefficient (Wildman–Crippen LogP) is 7.33. The van der Waals surface area contributed by atoms with Gasteiger partial charge in [-0.1, -0.05) is 80.4 Å². The van der Waals surface area contributed by atoms with Crippen molar-refractivity contribution in [3.05, 3.63) is 102 Å². The first-order valence-corrected chi connectivity index (χ1v) is 11.3. The van der Waals surface area contributed by atoms with E-state index in [0.717, 1.165) is 24.1 Å². The number of nitrogens with zero attached hydrogens (tertiary/aromatic N) is 1. The number of carbonyl (C=O) groups is 1. The number of esters is 1. The van der Waals surface area contributed by atoms with Crippen molar-refractivity contribution in [1.29, 1.82) is 0 Å². The summed E-state index contributed by atoms with van der Waals surface area (Å²) in [4.78, 5) is 11.9. The van der Waals surface area contributed by atoms with E-state index >= 15 is 0 Å². The lowest BCUT2D eigenvalue weighted by Gasteiger charge is -2.15. The van der Waals surface area contributed by atoms with Crippen molar-refractivity contribution in [2.24, 2.45) is 0 Å². The number of carbonyl (C=O) groups excluding carboxylic acids is 1. The highest BCUT2D eigenvalue weighted by molar-refractivity contribution is 5.90. The zero-order valence-electron chi connectivity index (χ0n) is 18.8. The van der Waals surface area contributed by atoms with Crippen LogP contribution < -0.4 is 0 Å². The van der Waals surface area contributed by atoms with Crippen LogP contribution >= 0.6 is 0 Å². The SMILES string of the molecule is CCCCCc1c(-c2ccc(C(=O)OC)cc2)cc(-c2ccccc2)n1-c1ccccc1. The molecule has 162 valence electrons. The fourth-order valence-electron chi connectivity index (χ4n) is 4.19. The molecule has 0 atom stereocenters. The lowest BCUT2D eigenvalue weighted by molar-refractivity contribution is 0.0601. The van der Waals surface area contributed by atoms with Crippen LogP contribution in [0.2, 0.25) is 0 Å². The van der Waals surface area contributed by atoms with Gasteiger partial charge in [-0.2, -0.15) is 0 Å². The smallest absolute Gasteiger partial charge is 0.337 e. The molecule has 3 aromatic carbocycles. The fraction of sp³-hybridized carbons (Fsp3) is 0.207. The zero-order chi connectivity index (χ0) is 22.3. The molecule has 0 aliphatic carbocycles. The molecular weight excluding hydrogens is 394 g/mol. The average Bonchev–Trinajstić information content (AvgIpc) is 3.24. The standard InChI is InChI=1S/C29H29NO2/c1-3-4-7-16-27-26(22-17-19-24(20-18-22)29(31)32-2)21-28(23-12-8-5-9-13-23)30(27)25-14-10-6-11-15-25/h5-6,8-15,17-21H,3-4,7,16H2,1-2H3. The van der Waals surface area contributed by atoms with Crippen molar-refractivity contribution in [2.75, 3.05) is 7.11 Å². The van der Waals surface area contributed by atoms with Gasteiger partial charge in [-0.3, -0.25) is 0 Å². The number of para-hydroxylation sites is 1. The van der Waals surface area contributed by atoms with E-state index in [4.69, 9.17) is 4.74 Å². The highest BCUT2D eigenvalue weighted by Gasteiger charge is 2.19. The molecule has 0 amide bonds. The number of rotatable bonds is 8. The molecule has 0 saturated heterocycles. The summed E-state index contributed by atoms with van der Waals surface area (Å²) in [6.07, 6.45) is 4.50. The van der Waals surface area contributed by atoms with Crippen molar-refractivity contribution in [3.63, 3.8) is 0 Å². The molecular formula is C29H29NO2. The molecule has 32 heavy (non-hydrogen) atoms. The van der Waals surface area contributed by atoms with Crippen LogP contribution in [0.4, 0.5) is 0 Å². The summed E-state index contributed by atoms with van der Waals surface area (Å²) in [6.45, 7) is 2.23. The van der Waals surface area contributed by atoms with Gasteiger partial charge in [0.25, 0.3) is 0 Å². The molecule has 0 unspecified atom stereocenters. The van der Waals surface area contributed by atoms with Crippen LogP contribution in [0.5, 0.6) is 0 Å². The number of benzene rings is 3. The number of methoxy groups -OCH3 is 1. The molecule has 0 spiro atoms. The summed E-state index contributed by atoms with van der Waals surface area (Å²) < 4.78 is 7.26. The second-order valence-corrected chi connectivity index (χ2v) is 7.95. The zero-order valence-corrected chi connectivity index (χ0v) is 18.8. The Morgan fingerprint density at radius 2 is 1.47 bits per heavy atom. The molecule has 0 aliphatic rings. The van der Waals surface area contributed by atoms with Gasteiger partial charge in [0.1, 0.15) is 0 Å². The summed E-state index contributed by atoms with van der Waals surface area (Å²) in [7, 11) is 1.41. The molecule has 0 N–H and O–H groups in total. The summed E-state index contributed by atoms with van der Waals surface area (Å²) in [5.41, 5.74) is 7.70. The van der Waals surface area contributed by atoms with E-state index < -0.39 is 0 Å². The van der Waals surface area contributed by atoms with E-state index in [9.17, 15) is 4.79 Å². The van der Waals surface area contributed by atoms with Crippen molar-refractivity contribution >= 4 is 5.97 Å². The Hall–Kier alpha value is -3.59. The average molecular weight is 424 g/mol. The molecule has 4 aromatic rings. The Morgan fingerprint density at radius 3 is 2.09 bits per heavy atom. The van der Waals surface area contributed by atoms with Gasteiger partial charge in [-0.15, -0.1) is 0 Å². The van der Waals surface area contributed by atoms with Crippen LogP contribution in [-0.4, -0.2) is 17.6 Å². The Balaban J connectivity index is 1.90. The van der Waals surface area contributed by atoms with Gasteiger partial charge in [0.15, 0.2) is 0 Å². The van der Waals surface area contributed by atoms with Gasteiger partial charge in [0.2, 0.25) is 0 Å². The van der Waals surface area contributed by atoms with Crippen LogP contribution in [0, 0.1) is 0 Å². The highest BCUT2D eigenvalue weighted by Crippen LogP contribution is 2.36. The van der Waals surface area contributed by atoms with Crippen molar-refractivity contribution in [1.82, 2.24) is 4.57 Å². The Kier molecular flexibility index (Phi) is 6.86. The molecule has 1 heterocycles. The van der Waals surface area contributed by atoms with Crippen LogP contribution in [0.15, 0.2) is 91.0 Å². The summed E-state index contributed by atoms with van der Waals surface area (Å²) in [5.74, 6) is -0.313. The quantitative estimate of drug-likeness (QED) is 0.219. The van der Waals surface area contributed by atoms with Gasteiger partial charge >= 0.3 is 5.97 Å². The number of hydrogen-bond donors (Lipinski definition) is 0. The Bertz CT molecular complexity index is 1160. The van der Waals surface area contributed by atoms with Crippen LogP contribution in [0.25, 0.3) is 28.1 Å². The monoisotopic (exact) mass is 423 g/mol. The maximum absolute atomic E-state index is 11.9. The first-order valence-electron chi connectivity index (χ1n) is 11.3. The molecule has 0 bridgehead atoms. The molecule has 0 aliphatic heterocycles. The predicted molar refractivity (Wildman–Crippen MR) is 131 cm³/mol. The lowest BCUT2D eigenvalue weighted by Crippen LogP contribution is -2.04. The largest absolute Gasteiger partial charge is 0.465 e. The molecule has 0 radical (unpaired) electrons. The van der Waals surface area contributed by atoms with Crippen molar-refractivity contribution < 1.29 is 9.53 Å². The summed E-state index contributed by atoms with van der Waals surface area (Å²) in [6, 6.07) is 31.1. The van der Waals surface area contributed by atoms with Gasteiger partial charge in [-0.25, -0.2) is 4.79 Å². The Labute approximate surface area is 190 Å². The minimum absolute atomic E-state index is 0.313. The van der Waals surface area contributed by atoms with E-state index in [1.54, 1.807) is 0 Å². The molecule has 4 rings (SSSR count). The van der Waals surface area contributed by atoms with E-state index in [1.807, 2.05) is 30.3 Å². The minimum atomic E-state index is -0.313. The van der Waals surface area contributed by atoms with E-state index in [-0.39, 0.29) is 5.97 Å². The van der Waals surface area contributed by atoms with Gasteiger partial charge in [-0.05, 0) is 54.3 Å². The van der Waals surface area contributed by atoms with Crippen molar-refractivity contribution in [2.45, 2.75) is 32.6 Å². The number of hydrogen-bond acceptors (Lipinski definition) is 2. The van der Waals surface area contributed by atoms with E-state index in [1.165, 1.54) is 42.5 Å². The summed E-state index contributed by atoms with van der Waals surface area (Å²) >= 11 is 0. The van der Waals surface area contributed by atoms with E-state index in [0.29, 0.717) is 5.56 Å². The normalized spacial score (nSPS) is 10.8. The molecule has 0 fully saturated rings. The van der Waals surface area contributed by atoms with Gasteiger partial charge in [0, 0.05) is 16.9 Å². The fourth-order valence-corrected chi connectivity index (χ4v) is 4.19. The third-order valence-electron chi connectivity index (χ3n) is 5.82. The second-order valence-electron chi connectivity index (χ2n) is 7.95. The number of unbranched alkanes of at least 4 members (excludes halogenated alkanes) is 2. The number of aromatic nitrogens is 1. The minimum Gasteiger partial charge on any atom is -0.465 e. The maximum atomic E-state index is 11.9. The highest BCUT2D eigenvalue weighted by atomic mass is 16.5. The molecule has 3 heteroatoms. The second kappa shape index (κ2) is 10.1. The van der Waals surface area contributed by atoms with Crippen LogP contribution in [-0.2, 0) is 11.2 Å². The third kappa shape index (κ3) is 4.52. The molecule has 0 saturated carbocycles.